The maximum Gasteiger partial charge on any atom is 0.258 e. The average Bonchev–Trinajstić information content (AvgIpc) is 2.52. The van der Waals surface area contributed by atoms with E-state index in [0.717, 1.165) is 24.2 Å². The summed E-state index contributed by atoms with van der Waals surface area (Å²) in [6.45, 7) is 4.09. The molecule has 0 saturated carbocycles. The summed E-state index contributed by atoms with van der Waals surface area (Å²) < 4.78 is 0. The molecule has 1 amide bonds. The van der Waals surface area contributed by atoms with Crippen LogP contribution in [0.5, 0.6) is 0 Å². The molecule has 4 heteroatoms. The van der Waals surface area contributed by atoms with Gasteiger partial charge in [0.2, 0.25) is 0 Å². The standard InChI is InChI=1S/C17H19ClN2O/c1-4-12-6-8-15(9-7-12)20(3)17(21)13-10-14(5-2)19-16(18)11-13/h6-11H,4-5H2,1-3H3. The Hall–Kier alpha value is -1.87. The van der Waals surface area contributed by atoms with Gasteiger partial charge in [-0.05, 0) is 42.7 Å². The average molecular weight is 303 g/mol. The van der Waals surface area contributed by atoms with Gasteiger partial charge >= 0.3 is 0 Å². The lowest BCUT2D eigenvalue weighted by Crippen LogP contribution is -2.26. The molecule has 2 rings (SSSR count). The van der Waals surface area contributed by atoms with E-state index in [9.17, 15) is 4.79 Å². The predicted molar refractivity (Wildman–Crippen MR) is 87.2 cm³/mol. The number of hydrogen-bond acceptors (Lipinski definition) is 2. The Balaban J connectivity index is 2.27. The van der Waals surface area contributed by atoms with E-state index in [-0.39, 0.29) is 5.91 Å². The first kappa shape index (κ1) is 15.5. The lowest BCUT2D eigenvalue weighted by molar-refractivity contribution is 0.0993. The van der Waals surface area contributed by atoms with Gasteiger partial charge in [0.25, 0.3) is 5.91 Å². The first-order valence-electron chi connectivity index (χ1n) is 7.08. The number of rotatable bonds is 4. The summed E-state index contributed by atoms with van der Waals surface area (Å²) in [5.74, 6) is -0.0850. The number of hydrogen-bond donors (Lipinski definition) is 0. The fourth-order valence-electron chi connectivity index (χ4n) is 2.12. The zero-order valence-corrected chi connectivity index (χ0v) is 13.3. The van der Waals surface area contributed by atoms with Crippen LogP contribution in [0.4, 0.5) is 5.69 Å². The molecule has 0 fully saturated rings. The van der Waals surface area contributed by atoms with E-state index in [0.29, 0.717) is 10.7 Å². The van der Waals surface area contributed by atoms with E-state index < -0.39 is 0 Å². The summed E-state index contributed by atoms with van der Waals surface area (Å²) in [4.78, 5) is 18.4. The minimum Gasteiger partial charge on any atom is -0.311 e. The van der Waals surface area contributed by atoms with Crippen molar-refractivity contribution in [3.05, 3.63) is 58.4 Å². The third-order valence-corrected chi connectivity index (χ3v) is 3.69. The zero-order valence-electron chi connectivity index (χ0n) is 12.6. The Bertz CT molecular complexity index is 638. The fourth-order valence-corrected chi connectivity index (χ4v) is 2.35. The van der Waals surface area contributed by atoms with E-state index in [4.69, 9.17) is 11.6 Å². The molecule has 0 aliphatic rings. The summed E-state index contributed by atoms with van der Waals surface area (Å²) >= 11 is 5.98. The second kappa shape index (κ2) is 6.72. The molecule has 3 nitrogen and oxygen atoms in total. The maximum absolute atomic E-state index is 12.6. The van der Waals surface area contributed by atoms with E-state index in [2.05, 4.69) is 11.9 Å². The van der Waals surface area contributed by atoms with Crippen LogP contribution in [0.25, 0.3) is 0 Å². The molecule has 0 atom stereocenters. The van der Waals surface area contributed by atoms with Gasteiger partial charge < -0.3 is 4.90 Å². The third-order valence-electron chi connectivity index (χ3n) is 3.49. The molecule has 0 saturated heterocycles. The first-order valence-corrected chi connectivity index (χ1v) is 7.46. The molecule has 110 valence electrons. The van der Waals surface area contributed by atoms with Crippen LogP contribution in [0.1, 0.15) is 35.5 Å². The molecular formula is C17H19ClN2O. The Morgan fingerprint density at radius 2 is 1.81 bits per heavy atom. The molecule has 0 unspecified atom stereocenters. The van der Waals surface area contributed by atoms with Gasteiger partial charge in [0, 0.05) is 24.0 Å². The highest BCUT2D eigenvalue weighted by molar-refractivity contribution is 6.29. The molecule has 0 aliphatic heterocycles. The number of aryl methyl sites for hydroxylation is 2. The molecular weight excluding hydrogens is 284 g/mol. The number of pyridine rings is 1. The smallest absolute Gasteiger partial charge is 0.258 e. The van der Waals surface area contributed by atoms with Crippen LogP contribution in [0.2, 0.25) is 5.15 Å². The van der Waals surface area contributed by atoms with Crippen LogP contribution >= 0.6 is 11.6 Å². The number of benzene rings is 1. The summed E-state index contributed by atoms with van der Waals surface area (Å²) in [5, 5.41) is 0.354. The SMILES string of the molecule is CCc1ccc(N(C)C(=O)c2cc(Cl)nc(CC)c2)cc1. The van der Waals surface area contributed by atoms with Crippen LogP contribution in [0.15, 0.2) is 36.4 Å². The first-order chi connectivity index (χ1) is 10.0. The van der Waals surface area contributed by atoms with Crippen LogP contribution in [-0.2, 0) is 12.8 Å². The van der Waals surface area contributed by atoms with Crippen molar-refractivity contribution in [2.75, 3.05) is 11.9 Å². The van der Waals surface area contributed by atoms with E-state index in [1.807, 2.05) is 31.2 Å². The quantitative estimate of drug-likeness (QED) is 0.795. The van der Waals surface area contributed by atoms with Gasteiger partial charge in [-0.15, -0.1) is 0 Å². The molecule has 0 bridgehead atoms. The summed E-state index contributed by atoms with van der Waals surface area (Å²) in [6.07, 6.45) is 1.73. The molecule has 0 N–H and O–H groups in total. The van der Waals surface area contributed by atoms with Crippen molar-refractivity contribution in [2.24, 2.45) is 0 Å². The number of carbonyl (C=O) groups is 1. The number of halogens is 1. The van der Waals surface area contributed by atoms with Crippen molar-refractivity contribution in [3.63, 3.8) is 0 Å². The second-order valence-corrected chi connectivity index (χ2v) is 5.29. The lowest BCUT2D eigenvalue weighted by Gasteiger charge is -2.18. The molecule has 1 heterocycles. The molecule has 1 aromatic carbocycles. The third kappa shape index (κ3) is 3.61. The molecule has 1 aromatic heterocycles. The van der Waals surface area contributed by atoms with E-state index in [1.54, 1.807) is 24.1 Å². The summed E-state index contributed by atoms with van der Waals surface area (Å²) in [5.41, 5.74) is 3.50. The number of carbonyl (C=O) groups excluding carboxylic acids is 1. The molecule has 0 spiro atoms. The van der Waals surface area contributed by atoms with Crippen molar-refractivity contribution in [1.29, 1.82) is 0 Å². The number of amides is 1. The highest BCUT2D eigenvalue weighted by Crippen LogP contribution is 2.19. The maximum atomic E-state index is 12.6. The van der Waals surface area contributed by atoms with Crippen molar-refractivity contribution >= 4 is 23.2 Å². The normalized spacial score (nSPS) is 10.5. The Labute approximate surface area is 130 Å². The topological polar surface area (TPSA) is 33.2 Å². The number of anilines is 1. The Morgan fingerprint density at radius 1 is 1.14 bits per heavy atom. The number of nitrogens with zero attached hydrogens (tertiary/aromatic N) is 2. The van der Waals surface area contributed by atoms with Crippen molar-refractivity contribution in [3.8, 4) is 0 Å². The van der Waals surface area contributed by atoms with Crippen molar-refractivity contribution < 1.29 is 4.79 Å². The van der Waals surface area contributed by atoms with Crippen LogP contribution < -0.4 is 4.90 Å². The van der Waals surface area contributed by atoms with Crippen LogP contribution in [0, 0.1) is 0 Å². The van der Waals surface area contributed by atoms with E-state index >= 15 is 0 Å². The molecule has 0 aliphatic carbocycles. The largest absolute Gasteiger partial charge is 0.311 e. The zero-order chi connectivity index (χ0) is 15.4. The highest BCUT2D eigenvalue weighted by Gasteiger charge is 2.15. The minimum atomic E-state index is -0.0850. The molecule has 21 heavy (non-hydrogen) atoms. The van der Waals surface area contributed by atoms with Gasteiger partial charge in [0.1, 0.15) is 5.15 Å². The summed E-state index contributed by atoms with van der Waals surface area (Å²) in [7, 11) is 1.77. The lowest BCUT2D eigenvalue weighted by atomic mass is 10.1. The fraction of sp³-hybridized carbons (Fsp3) is 0.294. The van der Waals surface area contributed by atoms with E-state index in [1.165, 1.54) is 5.56 Å². The molecule has 2 aromatic rings. The monoisotopic (exact) mass is 302 g/mol. The van der Waals surface area contributed by atoms with Crippen molar-refractivity contribution in [1.82, 2.24) is 4.98 Å². The van der Waals surface area contributed by atoms with Gasteiger partial charge in [0.15, 0.2) is 0 Å². The van der Waals surface area contributed by atoms with Gasteiger partial charge in [-0.1, -0.05) is 37.6 Å². The predicted octanol–water partition coefficient (Wildman–Crippen LogP) is 4.14. The Kier molecular flexibility index (Phi) is 4.97. The van der Waals surface area contributed by atoms with Gasteiger partial charge in [0.05, 0.1) is 0 Å². The Morgan fingerprint density at radius 3 is 2.38 bits per heavy atom. The van der Waals surface area contributed by atoms with Gasteiger partial charge in [-0.2, -0.15) is 0 Å². The number of aromatic nitrogens is 1. The van der Waals surface area contributed by atoms with Crippen LogP contribution in [0.3, 0.4) is 0 Å². The van der Waals surface area contributed by atoms with Crippen LogP contribution in [-0.4, -0.2) is 17.9 Å². The van der Waals surface area contributed by atoms with Gasteiger partial charge in [-0.3, -0.25) is 4.79 Å². The van der Waals surface area contributed by atoms with Gasteiger partial charge in [-0.25, -0.2) is 4.98 Å². The second-order valence-electron chi connectivity index (χ2n) is 4.91. The minimum absolute atomic E-state index is 0.0850. The summed E-state index contributed by atoms with van der Waals surface area (Å²) in [6, 6.07) is 11.4. The molecule has 0 radical (unpaired) electrons. The van der Waals surface area contributed by atoms with Crippen molar-refractivity contribution in [2.45, 2.75) is 26.7 Å². The highest BCUT2D eigenvalue weighted by atomic mass is 35.5.